The minimum Gasteiger partial charge on any atom is -0.491 e. The second-order valence-electron chi connectivity index (χ2n) is 8.93. The maximum absolute atomic E-state index is 14.5. The average Bonchev–Trinajstić information content (AvgIpc) is 2.79. The van der Waals surface area contributed by atoms with E-state index in [-0.39, 0.29) is 5.82 Å². The first-order chi connectivity index (χ1) is 14.8. The second-order valence-corrected chi connectivity index (χ2v) is 8.93. The third-order valence-electron chi connectivity index (χ3n) is 6.51. The highest BCUT2D eigenvalue weighted by Gasteiger charge is 2.15. The van der Waals surface area contributed by atoms with E-state index in [2.05, 4.69) is 31.2 Å². The first kappa shape index (κ1) is 22.8. The third kappa shape index (κ3) is 7.15. The van der Waals surface area contributed by atoms with Crippen LogP contribution in [0.5, 0.6) is 5.75 Å². The monoisotopic (exact) mass is 410 g/mol. The summed E-state index contributed by atoms with van der Waals surface area (Å²) in [6, 6.07) is 14.1. The Morgan fingerprint density at radius 3 is 2.07 bits per heavy atom. The second kappa shape index (κ2) is 12.8. The molecule has 2 aromatic carbocycles. The Balaban J connectivity index is 1.43. The predicted molar refractivity (Wildman–Crippen MR) is 126 cm³/mol. The molecule has 0 aliphatic heterocycles. The van der Waals surface area contributed by atoms with Crippen molar-refractivity contribution in [3.05, 3.63) is 53.8 Å². The van der Waals surface area contributed by atoms with Gasteiger partial charge in [-0.1, -0.05) is 101 Å². The van der Waals surface area contributed by atoms with Gasteiger partial charge in [0.2, 0.25) is 0 Å². The minimum atomic E-state index is -0.261. The molecule has 1 saturated carbocycles. The smallest absolute Gasteiger partial charge is 0.165 e. The number of benzene rings is 2. The molecule has 0 N–H and O–H groups in total. The quantitative estimate of drug-likeness (QED) is 0.317. The van der Waals surface area contributed by atoms with Gasteiger partial charge in [-0.25, -0.2) is 4.39 Å². The number of hydrogen-bond donors (Lipinski definition) is 0. The lowest BCUT2D eigenvalue weighted by molar-refractivity contribution is 0.290. The number of halogens is 1. The first-order valence-electron chi connectivity index (χ1n) is 12.3. The van der Waals surface area contributed by atoms with Gasteiger partial charge in [0.1, 0.15) is 0 Å². The van der Waals surface area contributed by atoms with E-state index in [4.69, 9.17) is 4.74 Å². The standard InChI is InChI=1S/C28H39FO/c1-2-3-4-5-6-7-8-12-21-30-28-20-19-26(22-27(28)29)25-17-15-24(16-18-25)23-13-10-9-11-14-23/h15-20,22-23H,2-14,21H2,1H3. The molecular weight excluding hydrogens is 371 g/mol. The van der Waals surface area contributed by atoms with Crippen LogP contribution in [0.3, 0.4) is 0 Å². The van der Waals surface area contributed by atoms with Crippen LogP contribution in [0, 0.1) is 5.82 Å². The Morgan fingerprint density at radius 1 is 0.767 bits per heavy atom. The average molecular weight is 411 g/mol. The normalized spacial score (nSPS) is 14.7. The van der Waals surface area contributed by atoms with Crippen molar-refractivity contribution < 1.29 is 9.13 Å². The molecule has 1 aliphatic carbocycles. The fraction of sp³-hybridized carbons (Fsp3) is 0.571. The van der Waals surface area contributed by atoms with E-state index < -0.39 is 0 Å². The summed E-state index contributed by atoms with van der Waals surface area (Å²) in [5.41, 5.74) is 3.43. The van der Waals surface area contributed by atoms with Crippen molar-refractivity contribution in [2.75, 3.05) is 6.61 Å². The molecule has 0 unspecified atom stereocenters. The lowest BCUT2D eigenvalue weighted by Crippen LogP contribution is -2.04. The molecule has 0 spiro atoms. The highest BCUT2D eigenvalue weighted by atomic mass is 19.1. The van der Waals surface area contributed by atoms with Gasteiger partial charge in [-0.2, -0.15) is 0 Å². The van der Waals surface area contributed by atoms with Crippen molar-refractivity contribution in [3.8, 4) is 16.9 Å². The van der Waals surface area contributed by atoms with E-state index in [0.29, 0.717) is 18.3 Å². The zero-order valence-corrected chi connectivity index (χ0v) is 18.8. The Bertz CT molecular complexity index is 731. The van der Waals surface area contributed by atoms with Gasteiger partial charge < -0.3 is 4.74 Å². The van der Waals surface area contributed by atoms with Gasteiger partial charge in [0.15, 0.2) is 11.6 Å². The van der Waals surface area contributed by atoms with Crippen LogP contribution >= 0.6 is 0 Å². The molecule has 0 atom stereocenters. The fourth-order valence-electron chi connectivity index (χ4n) is 4.60. The number of hydrogen-bond acceptors (Lipinski definition) is 1. The topological polar surface area (TPSA) is 9.23 Å². The zero-order chi connectivity index (χ0) is 21.0. The van der Waals surface area contributed by atoms with Crippen molar-refractivity contribution in [3.63, 3.8) is 0 Å². The van der Waals surface area contributed by atoms with Crippen LogP contribution in [0.25, 0.3) is 11.1 Å². The molecule has 1 aliphatic rings. The molecular formula is C28H39FO. The Kier molecular flexibility index (Phi) is 9.73. The van der Waals surface area contributed by atoms with E-state index in [1.54, 1.807) is 12.1 Å². The van der Waals surface area contributed by atoms with E-state index in [1.165, 1.54) is 82.6 Å². The van der Waals surface area contributed by atoms with Crippen molar-refractivity contribution in [2.45, 2.75) is 96.3 Å². The molecule has 3 rings (SSSR count). The SMILES string of the molecule is CCCCCCCCCCOc1ccc(-c2ccc(C3CCCCC3)cc2)cc1F. The summed E-state index contributed by atoms with van der Waals surface area (Å²) in [6.45, 7) is 2.85. The molecule has 0 amide bonds. The maximum Gasteiger partial charge on any atom is 0.165 e. The fourth-order valence-corrected chi connectivity index (χ4v) is 4.60. The van der Waals surface area contributed by atoms with Crippen molar-refractivity contribution in [1.82, 2.24) is 0 Å². The summed E-state index contributed by atoms with van der Waals surface area (Å²) in [6.07, 6.45) is 16.7. The van der Waals surface area contributed by atoms with Crippen molar-refractivity contribution in [1.29, 1.82) is 0 Å². The summed E-state index contributed by atoms with van der Waals surface area (Å²) >= 11 is 0. The van der Waals surface area contributed by atoms with Crippen LogP contribution in [-0.4, -0.2) is 6.61 Å². The molecule has 2 aromatic rings. The summed E-state index contributed by atoms with van der Waals surface area (Å²) in [5, 5.41) is 0. The van der Waals surface area contributed by atoms with Gasteiger partial charge in [0, 0.05) is 0 Å². The van der Waals surface area contributed by atoms with Gasteiger partial charge in [0.25, 0.3) is 0 Å². The summed E-state index contributed by atoms with van der Waals surface area (Å²) in [5.74, 6) is 0.820. The van der Waals surface area contributed by atoms with Crippen LogP contribution < -0.4 is 4.74 Å². The third-order valence-corrected chi connectivity index (χ3v) is 6.51. The Morgan fingerprint density at radius 2 is 1.40 bits per heavy atom. The highest BCUT2D eigenvalue weighted by molar-refractivity contribution is 5.64. The molecule has 0 bridgehead atoms. The van der Waals surface area contributed by atoms with Crippen LogP contribution in [-0.2, 0) is 0 Å². The molecule has 1 nitrogen and oxygen atoms in total. The number of unbranched alkanes of at least 4 members (excludes halogenated alkanes) is 7. The minimum absolute atomic E-state index is 0.261. The highest BCUT2D eigenvalue weighted by Crippen LogP contribution is 2.34. The molecule has 0 radical (unpaired) electrons. The lowest BCUT2D eigenvalue weighted by Gasteiger charge is -2.22. The Hall–Kier alpha value is -1.83. The zero-order valence-electron chi connectivity index (χ0n) is 18.8. The number of rotatable bonds is 12. The molecule has 1 fully saturated rings. The van der Waals surface area contributed by atoms with Crippen LogP contribution in [0.2, 0.25) is 0 Å². The number of ether oxygens (including phenoxy) is 1. The van der Waals surface area contributed by atoms with E-state index >= 15 is 0 Å². The Labute approximate surface area is 183 Å². The molecule has 164 valence electrons. The first-order valence-corrected chi connectivity index (χ1v) is 12.3. The lowest BCUT2D eigenvalue weighted by atomic mass is 9.84. The maximum atomic E-state index is 14.5. The van der Waals surface area contributed by atoms with Gasteiger partial charge in [-0.15, -0.1) is 0 Å². The molecule has 0 aromatic heterocycles. The van der Waals surface area contributed by atoms with E-state index in [1.807, 2.05) is 6.07 Å². The molecule has 30 heavy (non-hydrogen) atoms. The van der Waals surface area contributed by atoms with E-state index in [0.717, 1.165) is 17.5 Å². The molecule has 0 saturated heterocycles. The van der Waals surface area contributed by atoms with Crippen LogP contribution in [0.4, 0.5) is 4.39 Å². The van der Waals surface area contributed by atoms with Crippen molar-refractivity contribution >= 4 is 0 Å². The predicted octanol–water partition coefficient (Wildman–Crippen LogP) is 9.06. The molecule has 0 heterocycles. The summed E-state index contributed by atoms with van der Waals surface area (Å²) in [7, 11) is 0. The van der Waals surface area contributed by atoms with Crippen LogP contribution in [0.15, 0.2) is 42.5 Å². The van der Waals surface area contributed by atoms with Gasteiger partial charge >= 0.3 is 0 Å². The molecule has 2 heteroatoms. The largest absolute Gasteiger partial charge is 0.491 e. The van der Waals surface area contributed by atoms with E-state index in [9.17, 15) is 4.39 Å². The van der Waals surface area contributed by atoms with Crippen molar-refractivity contribution in [2.24, 2.45) is 0 Å². The summed E-state index contributed by atoms with van der Waals surface area (Å²) in [4.78, 5) is 0. The van der Waals surface area contributed by atoms with Gasteiger partial charge in [-0.05, 0) is 54.0 Å². The van der Waals surface area contributed by atoms with Gasteiger partial charge in [-0.3, -0.25) is 0 Å². The van der Waals surface area contributed by atoms with Crippen LogP contribution in [0.1, 0.15) is 102 Å². The van der Waals surface area contributed by atoms with Gasteiger partial charge in [0.05, 0.1) is 6.61 Å². The summed E-state index contributed by atoms with van der Waals surface area (Å²) < 4.78 is 20.2.